The van der Waals surface area contributed by atoms with Gasteiger partial charge in [0.05, 0.1) is 5.69 Å². The van der Waals surface area contributed by atoms with E-state index in [1.54, 1.807) is 0 Å². The predicted molar refractivity (Wildman–Crippen MR) is 71.2 cm³/mol. The van der Waals surface area contributed by atoms with Gasteiger partial charge in [-0.05, 0) is 45.2 Å². The van der Waals surface area contributed by atoms with Crippen LogP contribution in [0, 0.1) is 12.8 Å². The molecule has 2 rings (SSSR count). The van der Waals surface area contributed by atoms with Gasteiger partial charge in [-0.3, -0.25) is 0 Å². The highest BCUT2D eigenvalue weighted by Gasteiger charge is 2.35. The van der Waals surface area contributed by atoms with Gasteiger partial charge in [0, 0.05) is 18.8 Å². The van der Waals surface area contributed by atoms with E-state index in [0.29, 0.717) is 5.92 Å². The zero-order valence-corrected chi connectivity index (χ0v) is 11.6. The molecule has 1 fully saturated rings. The van der Waals surface area contributed by atoms with Gasteiger partial charge in [0.25, 0.3) is 0 Å². The number of aryl methyl sites for hydroxylation is 1. The highest BCUT2D eigenvalue weighted by atomic mass is 16.5. The first kappa shape index (κ1) is 13.4. The van der Waals surface area contributed by atoms with E-state index >= 15 is 0 Å². The van der Waals surface area contributed by atoms with Gasteiger partial charge in [-0.2, -0.15) is 0 Å². The van der Waals surface area contributed by atoms with Crippen LogP contribution in [0.2, 0.25) is 0 Å². The summed E-state index contributed by atoms with van der Waals surface area (Å²) in [4.78, 5) is 9.21. The number of aromatic nitrogens is 2. The molecular weight excluding hydrogens is 226 g/mol. The summed E-state index contributed by atoms with van der Waals surface area (Å²) >= 11 is 0. The molecule has 0 radical (unpaired) electrons. The second-order valence-electron chi connectivity index (χ2n) is 4.85. The van der Waals surface area contributed by atoms with Crippen LogP contribution in [0.15, 0.2) is 6.07 Å². The lowest BCUT2D eigenvalue weighted by Crippen LogP contribution is -2.17. The van der Waals surface area contributed by atoms with Gasteiger partial charge in [0.15, 0.2) is 5.82 Å². The molecule has 1 saturated carbocycles. The van der Waals surface area contributed by atoms with E-state index in [4.69, 9.17) is 4.74 Å². The lowest BCUT2D eigenvalue weighted by molar-refractivity contribution is 0.0397. The fourth-order valence-corrected chi connectivity index (χ4v) is 2.13. The number of ether oxygens (including phenoxy) is 1. The molecule has 1 heterocycles. The van der Waals surface area contributed by atoms with Crippen molar-refractivity contribution in [2.24, 2.45) is 5.92 Å². The lowest BCUT2D eigenvalue weighted by Gasteiger charge is -2.16. The first-order chi connectivity index (χ1) is 8.74. The molecule has 1 aliphatic carbocycles. The van der Waals surface area contributed by atoms with Crippen LogP contribution in [0.1, 0.15) is 50.0 Å². The molecule has 4 nitrogen and oxygen atoms in total. The number of rotatable bonds is 7. The van der Waals surface area contributed by atoms with Crippen molar-refractivity contribution in [1.82, 2.24) is 15.3 Å². The van der Waals surface area contributed by atoms with E-state index in [0.717, 1.165) is 36.9 Å². The van der Waals surface area contributed by atoms with Crippen molar-refractivity contribution in [2.45, 2.75) is 46.3 Å². The van der Waals surface area contributed by atoms with Gasteiger partial charge in [-0.15, -0.1) is 0 Å². The van der Waals surface area contributed by atoms with Crippen LogP contribution >= 0.6 is 0 Å². The van der Waals surface area contributed by atoms with Crippen LogP contribution in [0.25, 0.3) is 0 Å². The number of hydrogen-bond acceptors (Lipinski definition) is 4. The summed E-state index contributed by atoms with van der Waals surface area (Å²) in [7, 11) is 0. The maximum absolute atomic E-state index is 5.82. The molecule has 100 valence electrons. The molecule has 18 heavy (non-hydrogen) atoms. The Labute approximate surface area is 109 Å². The first-order valence-electron chi connectivity index (χ1n) is 6.91. The third kappa shape index (κ3) is 3.50. The smallest absolute Gasteiger partial charge is 0.157 e. The zero-order valence-electron chi connectivity index (χ0n) is 11.6. The molecule has 0 amide bonds. The van der Waals surface area contributed by atoms with Crippen LogP contribution in [0.3, 0.4) is 0 Å². The molecule has 1 aliphatic rings. The Morgan fingerprint density at radius 1 is 1.39 bits per heavy atom. The molecular formula is C14H23N3O. The van der Waals surface area contributed by atoms with Gasteiger partial charge in [0.2, 0.25) is 0 Å². The van der Waals surface area contributed by atoms with Gasteiger partial charge in [-0.1, -0.05) is 6.92 Å². The van der Waals surface area contributed by atoms with Crippen molar-refractivity contribution < 1.29 is 4.74 Å². The Morgan fingerprint density at radius 3 is 2.78 bits per heavy atom. The molecule has 1 N–H and O–H groups in total. The Hall–Kier alpha value is -1.00. The normalized spacial score (nSPS) is 16.8. The molecule has 1 aromatic heterocycles. The van der Waals surface area contributed by atoms with Crippen LogP contribution in [-0.2, 0) is 11.3 Å². The Bertz CT molecular complexity index is 391. The van der Waals surface area contributed by atoms with E-state index in [1.165, 1.54) is 12.8 Å². The third-order valence-corrected chi connectivity index (χ3v) is 3.13. The van der Waals surface area contributed by atoms with Crippen molar-refractivity contribution in [3.05, 3.63) is 23.3 Å². The minimum absolute atomic E-state index is 0.0928. The first-order valence-corrected chi connectivity index (χ1v) is 6.91. The second-order valence-corrected chi connectivity index (χ2v) is 4.85. The van der Waals surface area contributed by atoms with Crippen LogP contribution in [-0.4, -0.2) is 23.1 Å². The molecule has 0 bridgehead atoms. The largest absolute Gasteiger partial charge is 0.370 e. The van der Waals surface area contributed by atoms with Gasteiger partial charge in [-0.25, -0.2) is 9.97 Å². The van der Waals surface area contributed by atoms with E-state index in [9.17, 15) is 0 Å². The van der Waals surface area contributed by atoms with Crippen molar-refractivity contribution in [2.75, 3.05) is 13.2 Å². The Morgan fingerprint density at radius 2 is 2.17 bits per heavy atom. The second kappa shape index (κ2) is 6.25. The van der Waals surface area contributed by atoms with Crippen LogP contribution in [0.4, 0.5) is 0 Å². The lowest BCUT2D eigenvalue weighted by atomic mass is 10.2. The average Bonchev–Trinajstić information content (AvgIpc) is 3.17. The maximum Gasteiger partial charge on any atom is 0.157 e. The maximum atomic E-state index is 5.82. The van der Waals surface area contributed by atoms with Crippen LogP contribution in [0.5, 0.6) is 0 Å². The Balaban J connectivity index is 2.16. The monoisotopic (exact) mass is 249 g/mol. The Kier molecular flexibility index (Phi) is 4.66. The van der Waals surface area contributed by atoms with E-state index in [2.05, 4.69) is 22.2 Å². The minimum Gasteiger partial charge on any atom is -0.370 e. The summed E-state index contributed by atoms with van der Waals surface area (Å²) in [5.74, 6) is 1.49. The summed E-state index contributed by atoms with van der Waals surface area (Å²) in [5.41, 5.74) is 2.09. The molecule has 4 heteroatoms. The summed E-state index contributed by atoms with van der Waals surface area (Å²) in [6, 6.07) is 2.04. The number of nitrogens with zero attached hydrogens (tertiary/aromatic N) is 2. The summed E-state index contributed by atoms with van der Waals surface area (Å²) in [6.45, 7) is 8.64. The fraction of sp³-hybridized carbons (Fsp3) is 0.714. The quantitative estimate of drug-likeness (QED) is 0.806. The van der Waals surface area contributed by atoms with Crippen LogP contribution < -0.4 is 5.32 Å². The van der Waals surface area contributed by atoms with Crippen molar-refractivity contribution in [1.29, 1.82) is 0 Å². The highest BCUT2D eigenvalue weighted by molar-refractivity contribution is 5.12. The van der Waals surface area contributed by atoms with Crippen molar-refractivity contribution >= 4 is 0 Å². The van der Waals surface area contributed by atoms with E-state index in [1.807, 2.05) is 19.9 Å². The predicted octanol–water partition coefficient (Wildman–Crippen LogP) is 2.38. The van der Waals surface area contributed by atoms with Crippen molar-refractivity contribution in [3.8, 4) is 0 Å². The number of hydrogen-bond donors (Lipinski definition) is 1. The molecule has 1 atom stereocenters. The topological polar surface area (TPSA) is 47.0 Å². The molecule has 1 unspecified atom stereocenters. The van der Waals surface area contributed by atoms with Gasteiger partial charge in [0.1, 0.15) is 6.10 Å². The number of nitrogens with one attached hydrogen (secondary N) is 1. The summed E-state index contributed by atoms with van der Waals surface area (Å²) < 4.78 is 5.82. The third-order valence-electron chi connectivity index (χ3n) is 3.13. The minimum atomic E-state index is 0.0928. The molecule has 0 spiro atoms. The van der Waals surface area contributed by atoms with Gasteiger partial charge >= 0.3 is 0 Å². The van der Waals surface area contributed by atoms with Crippen molar-refractivity contribution in [3.63, 3.8) is 0 Å². The standard InChI is InChI=1S/C14H23N3O/c1-4-15-9-12-8-10(3)16-14(17-12)13(18-5-2)11-6-7-11/h8,11,13,15H,4-7,9H2,1-3H3. The molecule has 0 aliphatic heterocycles. The summed E-state index contributed by atoms with van der Waals surface area (Å²) in [6.07, 6.45) is 2.57. The average molecular weight is 249 g/mol. The molecule has 0 aromatic carbocycles. The van der Waals surface area contributed by atoms with E-state index in [-0.39, 0.29) is 6.10 Å². The van der Waals surface area contributed by atoms with E-state index < -0.39 is 0 Å². The molecule has 0 saturated heterocycles. The highest BCUT2D eigenvalue weighted by Crippen LogP contribution is 2.42. The zero-order chi connectivity index (χ0) is 13.0. The fourth-order valence-electron chi connectivity index (χ4n) is 2.13. The van der Waals surface area contributed by atoms with Gasteiger partial charge < -0.3 is 10.1 Å². The SMILES string of the molecule is CCNCc1cc(C)nc(C(OCC)C2CC2)n1. The summed E-state index contributed by atoms with van der Waals surface area (Å²) in [5, 5.41) is 3.30. The molecule has 1 aromatic rings.